The number of nitrogens with zero attached hydrogens (tertiary/aromatic N) is 1. The average molecular weight is 479 g/mol. The number of carbonyl (C=O) groups excluding carboxylic acids is 3. The molecular formula is C21H19ClN2O9. The van der Waals surface area contributed by atoms with Gasteiger partial charge in [0.25, 0.3) is 5.91 Å². The van der Waals surface area contributed by atoms with E-state index in [0.717, 1.165) is 4.90 Å². The van der Waals surface area contributed by atoms with E-state index in [1.165, 1.54) is 51.5 Å². The van der Waals surface area contributed by atoms with Crippen LogP contribution in [0.2, 0.25) is 5.02 Å². The summed E-state index contributed by atoms with van der Waals surface area (Å²) in [6, 6.07) is 5.05. The first-order valence-corrected chi connectivity index (χ1v) is 9.81. The highest BCUT2D eigenvalue weighted by molar-refractivity contribution is 6.32. The second-order valence-electron chi connectivity index (χ2n) is 6.77. The molecule has 33 heavy (non-hydrogen) atoms. The minimum absolute atomic E-state index is 0.0267. The molecule has 1 unspecified atom stereocenters. The molecule has 12 heteroatoms. The summed E-state index contributed by atoms with van der Waals surface area (Å²) in [5.41, 5.74) is 0.356. The van der Waals surface area contributed by atoms with Crippen molar-refractivity contribution in [3.63, 3.8) is 0 Å². The lowest BCUT2D eigenvalue weighted by molar-refractivity contribution is -0.144. The lowest BCUT2D eigenvalue weighted by Gasteiger charge is -2.16. The number of hydrogen-bond acceptors (Lipinski definition) is 8. The number of nitrogens with one attached hydrogen (secondary N) is 1. The highest BCUT2D eigenvalue weighted by atomic mass is 35.5. The molecule has 1 aromatic heterocycles. The number of rotatable bonds is 8. The fraction of sp³-hybridized carbons (Fsp3) is 0.238. The van der Waals surface area contributed by atoms with Gasteiger partial charge in [0.1, 0.15) is 11.5 Å². The number of furan rings is 1. The largest absolute Gasteiger partial charge is 0.493 e. The number of carboxylic acid groups (broad SMARTS) is 1. The van der Waals surface area contributed by atoms with Gasteiger partial charge in [0.2, 0.25) is 5.76 Å². The van der Waals surface area contributed by atoms with Crippen molar-refractivity contribution in [3.8, 4) is 11.5 Å². The normalized spacial score (nSPS) is 15.4. The molecule has 1 fully saturated rings. The summed E-state index contributed by atoms with van der Waals surface area (Å²) < 4.78 is 20.4. The Hall–Kier alpha value is -3.99. The van der Waals surface area contributed by atoms with E-state index in [9.17, 15) is 19.2 Å². The number of ether oxygens (including phenoxy) is 3. The molecule has 1 aliphatic heterocycles. The van der Waals surface area contributed by atoms with Crippen LogP contribution in [0.1, 0.15) is 28.8 Å². The Morgan fingerprint density at radius 1 is 1.27 bits per heavy atom. The number of esters is 1. The number of halogens is 1. The molecule has 1 aliphatic rings. The van der Waals surface area contributed by atoms with E-state index >= 15 is 0 Å². The van der Waals surface area contributed by atoms with E-state index in [1.54, 1.807) is 0 Å². The monoisotopic (exact) mass is 478 g/mol. The number of amides is 3. The predicted molar refractivity (Wildman–Crippen MR) is 113 cm³/mol. The summed E-state index contributed by atoms with van der Waals surface area (Å²) in [5, 5.41) is 11.5. The van der Waals surface area contributed by atoms with Gasteiger partial charge in [-0.25, -0.2) is 14.4 Å². The number of benzene rings is 1. The highest BCUT2D eigenvalue weighted by Gasteiger charge is 2.34. The molecule has 2 aromatic rings. The summed E-state index contributed by atoms with van der Waals surface area (Å²) in [7, 11) is 2.54. The Morgan fingerprint density at radius 2 is 2.00 bits per heavy atom. The lowest BCUT2D eigenvalue weighted by atomic mass is 10.1. The van der Waals surface area contributed by atoms with Crippen molar-refractivity contribution < 1.29 is 42.9 Å². The quantitative estimate of drug-likeness (QED) is 0.332. The lowest BCUT2D eigenvalue weighted by Crippen LogP contribution is -2.30. The standard InChI is InChI=1S/C21H19ClN2O9/c1-10(19(26)27)32-17-13(22)6-11(8-16(17)30-2)7-14-18(25)24(21(29)23-14)9-12-4-5-15(33-12)20(28)31-3/h4-8,10H,9H2,1-3H3,(H,23,29)(H,26,27). The van der Waals surface area contributed by atoms with Gasteiger partial charge in [-0.2, -0.15) is 0 Å². The fourth-order valence-electron chi connectivity index (χ4n) is 2.88. The topological polar surface area (TPSA) is 145 Å². The molecule has 2 heterocycles. The Kier molecular flexibility index (Phi) is 6.92. The third-order valence-electron chi connectivity index (χ3n) is 4.53. The molecule has 1 atom stereocenters. The molecule has 1 saturated heterocycles. The first-order chi connectivity index (χ1) is 15.6. The van der Waals surface area contributed by atoms with Crippen LogP contribution in [0.5, 0.6) is 11.5 Å². The highest BCUT2D eigenvalue weighted by Crippen LogP contribution is 2.38. The minimum Gasteiger partial charge on any atom is -0.493 e. The van der Waals surface area contributed by atoms with Crippen molar-refractivity contribution >= 4 is 41.6 Å². The van der Waals surface area contributed by atoms with E-state index < -0.39 is 30.0 Å². The van der Waals surface area contributed by atoms with E-state index in [0.29, 0.717) is 5.56 Å². The molecule has 174 valence electrons. The molecule has 3 amide bonds. The third kappa shape index (κ3) is 5.09. The smallest absolute Gasteiger partial charge is 0.373 e. The van der Waals surface area contributed by atoms with Crippen molar-refractivity contribution in [2.24, 2.45) is 0 Å². The molecule has 0 spiro atoms. The predicted octanol–water partition coefficient (Wildman–Crippen LogP) is 2.67. The maximum absolute atomic E-state index is 12.7. The number of hydrogen-bond donors (Lipinski definition) is 2. The van der Waals surface area contributed by atoms with Crippen LogP contribution in [0.3, 0.4) is 0 Å². The van der Waals surface area contributed by atoms with Gasteiger partial charge in [-0.05, 0) is 42.8 Å². The van der Waals surface area contributed by atoms with Crippen LogP contribution in [0.15, 0.2) is 34.4 Å². The summed E-state index contributed by atoms with van der Waals surface area (Å²) >= 11 is 6.23. The summed E-state index contributed by atoms with van der Waals surface area (Å²) in [5.74, 6) is -2.19. The van der Waals surface area contributed by atoms with Crippen LogP contribution >= 0.6 is 11.6 Å². The van der Waals surface area contributed by atoms with Crippen LogP contribution in [0, 0.1) is 0 Å². The van der Waals surface area contributed by atoms with E-state index in [2.05, 4.69) is 10.1 Å². The minimum atomic E-state index is -1.19. The van der Waals surface area contributed by atoms with Gasteiger partial charge < -0.3 is 29.1 Å². The van der Waals surface area contributed by atoms with Gasteiger partial charge >= 0.3 is 18.0 Å². The number of urea groups is 1. The molecule has 0 aliphatic carbocycles. The van der Waals surface area contributed by atoms with E-state index in [1.807, 2.05) is 0 Å². The summed E-state index contributed by atoms with van der Waals surface area (Å²) in [4.78, 5) is 48.5. The number of carbonyl (C=O) groups is 4. The van der Waals surface area contributed by atoms with Crippen LogP contribution in [0.25, 0.3) is 6.08 Å². The van der Waals surface area contributed by atoms with Gasteiger partial charge in [0.15, 0.2) is 17.6 Å². The second kappa shape index (κ2) is 9.65. The Balaban J connectivity index is 1.82. The molecule has 11 nitrogen and oxygen atoms in total. The number of carboxylic acids is 1. The van der Waals surface area contributed by atoms with Gasteiger partial charge in [-0.1, -0.05) is 11.6 Å². The zero-order chi connectivity index (χ0) is 24.3. The average Bonchev–Trinajstić information content (AvgIpc) is 3.35. The molecule has 1 aromatic carbocycles. The molecule has 0 bridgehead atoms. The van der Waals surface area contributed by atoms with Crippen LogP contribution < -0.4 is 14.8 Å². The summed E-state index contributed by atoms with van der Waals surface area (Å²) in [6.07, 6.45) is 0.201. The number of imide groups is 1. The van der Waals surface area contributed by atoms with Crippen LogP contribution in [-0.4, -0.2) is 54.2 Å². The Morgan fingerprint density at radius 3 is 2.64 bits per heavy atom. The van der Waals surface area contributed by atoms with Crippen LogP contribution in [-0.2, 0) is 20.9 Å². The maximum Gasteiger partial charge on any atom is 0.373 e. The molecule has 3 rings (SSSR count). The van der Waals surface area contributed by atoms with Gasteiger partial charge in [-0.15, -0.1) is 0 Å². The van der Waals surface area contributed by atoms with Gasteiger partial charge in [0.05, 0.1) is 25.8 Å². The van der Waals surface area contributed by atoms with Crippen LogP contribution in [0.4, 0.5) is 4.79 Å². The Labute approximate surface area is 192 Å². The fourth-order valence-corrected chi connectivity index (χ4v) is 3.14. The zero-order valence-corrected chi connectivity index (χ0v) is 18.5. The first-order valence-electron chi connectivity index (χ1n) is 9.43. The van der Waals surface area contributed by atoms with Crippen molar-refractivity contribution in [1.82, 2.24) is 10.2 Å². The maximum atomic E-state index is 12.7. The summed E-state index contributed by atoms with van der Waals surface area (Å²) in [6.45, 7) is 1.13. The molecule has 0 saturated carbocycles. The SMILES string of the molecule is COC(=O)c1ccc(CN2C(=O)NC(=Cc3cc(Cl)c(OC(C)C(=O)O)c(OC)c3)C2=O)o1. The van der Waals surface area contributed by atoms with Gasteiger partial charge in [-0.3, -0.25) is 9.69 Å². The number of aliphatic carboxylic acids is 1. The van der Waals surface area contributed by atoms with Crippen molar-refractivity contribution in [2.75, 3.05) is 14.2 Å². The van der Waals surface area contributed by atoms with Crippen molar-refractivity contribution in [2.45, 2.75) is 19.6 Å². The zero-order valence-electron chi connectivity index (χ0n) is 17.7. The van der Waals surface area contributed by atoms with Gasteiger partial charge in [0, 0.05) is 0 Å². The molecular weight excluding hydrogens is 460 g/mol. The second-order valence-corrected chi connectivity index (χ2v) is 7.18. The van der Waals surface area contributed by atoms with Crippen molar-refractivity contribution in [1.29, 1.82) is 0 Å². The first kappa shape index (κ1) is 23.7. The third-order valence-corrected chi connectivity index (χ3v) is 4.81. The number of methoxy groups -OCH3 is 2. The Bertz CT molecular complexity index is 1150. The van der Waals surface area contributed by atoms with E-state index in [-0.39, 0.29) is 40.3 Å². The molecule has 2 N–H and O–H groups in total. The van der Waals surface area contributed by atoms with E-state index in [4.69, 9.17) is 30.6 Å². The molecule has 0 radical (unpaired) electrons. The van der Waals surface area contributed by atoms with Crippen molar-refractivity contribution in [3.05, 3.63) is 52.1 Å².